The molecular formula is C24H24N4O3. The molecule has 0 aliphatic carbocycles. The van der Waals surface area contributed by atoms with Gasteiger partial charge in [-0.3, -0.25) is 14.3 Å². The maximum Gasteiger partial charge on any atom is 0.274 e. The maximum absolute atomic E-state index is 13.6. The van der Waals surface area contributed by atoms with Gasteiger partial charge in [0.25, 0.3) is 5.91 Å². The smallest absolute Gasteiger partial charge is 0.274 e. The molecule has 7 heteroatoms. The number of nitrogens with one attached hydrogen (secondary N) is 1. The van der Waals surface area contributed by atoms with Crippen LogP contribution in [-0.4, -0.2) is 40.1 Å². The number of nitrogens with zero attached hydrogens (tertiary/aromatic N) is 3. The van der Waals surface area contributed by atoms with Crippen LogP contribution in [-0.2, 0) is 16.8 Å². The summed E-state index contributed by atoms with van der Waals surface area (Å²) in [5.74, 6) is 0.443. The summed E-state index contributed by atoms with van der Waals surface area (Å²) in [6, 6.07) is 16.7. The number of methoxy groups -OCH3 is 1. The third-order valence-corrected chi connectivity index (χ3v) is 6.44. The summed E-state index contributed by atoms with van der Waals surface area (Å²) < 4.78 is 7.17. The zero-order valence-electron chi connectivity index (χ0n) is 17.5. The van der Waals surface area contributed by atoms with Crippen molar-refractivity contribution >= 4 is 17.5 Å². The zero-order valence-corrected chi connectivity index (χ0v) is 17.5. The molecule has 3 aromatic rings. The first-order valence-corrected chi connectivity index (χ1v) is 10.5. The second-order valence-electron chi connectivity index (χ2n) is 7.96. The molecule has 2 atom stereocenters. The lowest BCUT2D eigenvalue weighted by atomic mass is 9.72. The molecule has 2 aliphatic rings. The third kappa shape index (κ3) is 2.84. The number of likely N-dealkylation sites (tertiary alicyclic amines) is 1. The van der Waals surface area contributed by atoms with Crippen LogP contribution in [0.2, 0.25) is 0 Å². The second-order valence-corrected chi connectivity index (χ2v) is 7.96. The number of anilines is 1. The standard InChI is InChI=1S/C24H24N4O3/c1-3-27-13-11-20(26-27)22(29)28-14-12-24(18-9-4-5-10-19(18)25-23(24)30)21(28)16-7-6-8-17(15-16)31-2/h4-11,13,15,21H,3,12,14H2,1-2H3,(H,25,30)/t21-,24+/m0/s1. The van der Waals surface area contributed by atoms with Crippen LogP contribution in [0, 0.1) is 0 Å². The number of aromatic nitrogens is 2. The highest BCUT2D eigenvalue weighted by molar-refractivity contribution is 6.08. The van der Waals surface area contributed by atoms with Gasteiger partial charge in [0.15, 0.2) is 0 Å². The van der Waals surface area contributed by atoms with E-state index in [2.05, 4.69) is 10.4 Å². The van der Waals surface area contributed by atoms with Crippen LogP contribution in [0.25, 0.3) is 0 Å². The molecule has 3 heterocycles. The highest BCUT2D eigenvalue weighted by atomic mass is 16.5. The number of para-hydroxylation sites is 1. The molecule has 2 aromatic carbocycles. The molecule has 31 heavy (non-hydrogen) atoms. The molecule has 1 spiro atoms. The number of fused-ring (bicyclic) bond motifs is 2. The second kappa shape index (κ2) is 7.27. The van der Waals surface area contributed by atoms with Gasteiger partial charge in [0.05, 0.1) is 13.2 Å². The van der Waals surface area contributed by atoms with Crippen LogP contribution in [0.1, 0.15) is 41.0 Å². The molecule has 1 N–H and O–H groups in total. The topological polar surface area (TPSA) is 76.5 Å². The summed E-state index contributed by atoms with van der Waals surface area (Å²) in [4.78, 5) is 28.8. The quantitative estimate of drug-likeness (QED) is 0.707. The minimum Gasteiger partial charge on any atom is -0.497 e. The van der Waals surface area contributed by atoms with E-state index in [0.717, 1.165) is 16.8 Å². The van der Waals surface area contributed by atoms with E-state index in [4.69, 9.17) is 4.74 Å². The number of amides is 2. The van der Waals surface area contributed by atoms with E-state index in [-0.39, 0.29) is 11.8 Å². The normalized spacial score (nSPS) is 21.9. The third-order valence-electron chi connectivity index (χ3n) is 6.44. The predicted octanol–water partition coefficient (Wildman–Crippen LogP) is 3.39. The molecule has 7 nitrogen and oxygen atoms in total. The van der Waals surface area contributed by atoms with Crippen molar-refractivity contribution in [3.05, 3.63) is 77.6 Å². The molecule has 0 radical (unpaired) electrons. The van der Waals surface area contributed by atoms with E-state index in [1.165, 1.54) is 0 Å². The fourth-order valence-corrected chi connectivity index (χ4v) is 4.98. The van der Waals surface area contributed by atoms with Gasteiger partial charge >= 0.3 is 0 Å². The molecule has 1 aromatic heterocycles. The van der Waals surface area contributed by atoms with Crippen molar-refractivity contribution in [2.75, 3.05) is 19.0 Å². The Balaban J connectivity index is 1.66. The van der Waals surface area contributed by atoms with Crippen molar-refractivity contribution in [3.8, 4) is 5.75 Å². The van der Waals surface area contributed by atoms with Gasteiger partial charge in [0, 0.05) is 25.0 Å². The van der Waals surface area contributed by atoms with E-state index in [0.29, 0.717) is 31.0 Å². The Morgan fingerprint density at radius 3 is 2.84 bits per heavy atom. The van der Waals surface area contributed by atoms with E-state index < -0.39 is 11.5 Å². The first kappa shape index (κ1) is 19.4. The fourth-order valence-electron chi connectivity index (χ4n) is 4.98. The first-order valence-electron chi connectivity index (χ1n) is 10.5. The molecule has 2 aliphatic heterocycles. The average molecular weight is 416 g/mol. The van der Waals surface area contributed by atoms with Crippen LogP contribution in [0.4, 0.5) is 5.69 Å². The Labute approximate surface area is 180 Å². The van der Waals surface area contributed by atoms with Gasteiger partial charge < -0.3 is 15.0 Å². The molecule has 2 amide bonds. The molecule has 0 saturated carbocycles. The number of aryl methyl sites for hydroxylation is 1. The van der Waals surface area contributed by atoms with Gasteiger partial charge in [-0.2, -0.15) is 5.10 Å². The summed E-state index contributed by atoms with van der Waals surface area (Å²) in [5.41, 5.74) is 2.14. The number of carbonyl (C=O) groups excluding carboxylic acids is 2. The van der Waals surface area contributed by atoms with Crippen molar-refractivity contribution < 1.29 is 14.3 Å². The van der Waals surface area contributed by atoms with E-state index in [1.54, 1.807) is 29.0 Å². The Morgan fingerprint density at radius 1 is 1.23 bits per heavy atom. The number of hydrogen-bond donors (Lipinski definition) is 1. The molecule has 5 rings (SSSR count). The van der Waals surface area contributed by atoms with Crippen LogP contribution >= 0.6 is 0 Å². The Hall–Kier alpha value is -3.61. The van der Waals surface area contributed by atoms with Gasteiger partial charge in [-0.25, -0.2) is 0 Å². The monoisotopic (exact) mass is 416 g/mol. The zero-order chi connectivity index (χ0) is 21.6. The number of hydrogen-bond acceptors (Lipinski definition) is 4. The summed E-state index contributed by atoms with van der Waals surface area (Å²) in [6.45, 7) is 3.12. The van der Waals surface area contributed by atoms with Crippen molar-refractivity contribution in [1.29, 1.82) is 0 Å². The summed E-state index contributed by atoms with van der Waals surface area (Å²) >= 11 is 0. The minimum atomic E-state index is -0.855. The lowest BCUT2D eigenvalue weighted by Gasteiger charge is -2.34. The van der Waals surface area contributed by atoms with Gasteiger partial charge in [-0.15, -0.1) is 0 Å². The van der Waals surface area contributed by atoms with Gasteiger partial charge in [-0.1, -0.05) is 30.3 Å². The van der Waals surface area contributed by atoms with E-state index >= 15 is 0 Å². The lowest BCUT2D eigenvalue weighted by molar-refractivity contribution is -0.121. The van der Waals surface area contributed by atoms with E-state index in [1.807, 2.05) is 55.5 Å². The van der Waals surface area contributed by atoms with Crippen LogP contribution in [0.15, 0.2) is 60.8 Å². The average Bonchev–Trinajstić information content (AvgIpc) is 3.51. The Kier molecular flexibility index (Phi) is 4.54. The number of ether oxygens (including phenoxy) is 1. The Morgan fingerprint density at radius 2 is 2.06 bits per heavy atom. The summed E-state index contributed by atoms with van der Waals surface area (Å²) in [5, 5.41) is 7.46. The van der Waals surface area contributed by atoms with Crippen LogP contribution in [0.3, 0.4) is 0 Å². The minimum absolute atomic E-state index is 0.0732. The van der Waals surface area contributed by atoms with Crippen molar-refractivity contribution in [2.45, 2.75) is 31.3 Å². The van der Waals surface area contributed by atoms with Gasteiger partial charge in [-0.05, 0) is 48.7 Å². The Bertz CT molecular complexity index is 1170. The summed E-state index contributed by atoms with van der Waals surface area (Å²) in [6.07, 6.45) is 2.34. The maximum atomic E-state index is 13.6. The molecule has 1 saturated heterocycles. The number of benzene rings is 2. The molecule has 0 unspecified atom stereocenters. The number of carbonyl (C=O) groups is 2. The summed E-state index contributed by atoms with van der Waals surface area (Å²) in [7, 11) is 1.61. The largest absolute Gasteiger partial charge is 0.497 e. The first-order chi connectivity index (χ1) is 15.1. The van der Waals surface area contributed by atoms with Crippen molar-refractivity contribution in [3.63, 3.8) is 0 Å². The lowest BCUT2D eigenvalue weighted by Crippen LogP contribution is -2.42. The highest BCUT2D eigenvalue weighted by Gasteiger charge is 2.59. The van der Waals surface area contributed by atoms with Crippen molar-refractivity contribution in [1.82, 2.24) is 14.7 Å². The molecule has 1 fully saturated rings. The highest BCUT2D eigenvalue weighted by Crippen LogP contribution is 2.55. The fraction of sp³-hybridized carbons (Fsp3) is 0.292. The van der Waals surface area contributed by atoms with E-state index in [9.17, 15) is 9.59 Å². The van der Waals surface area contributed by atoms with Crippen LogP contribution in [0.5, 0.6) is 5.75 Å². The molecular weight excluding hydrogens is 392 g/mol. The molecule has 158 valence electrons. The SMILES string of the molecule is CCn1ccc(C(=O)N2CC[C@]3(C(=O)Nc4ccccc43)[C@@H]2c2cccc(OC)c2)n1. The van der Waals surface area contributed by atoms with Crippen molar-refractivity contribution in [2.24, 2.45) is 0 Å². The van der Waals surface area contributed by atoms with Gasteiger partial charge in [0.1, 0.15) is 16.9 Å². The van der Waals surface area contributed by atoms with Crippen LogP contribution < -0.4 is 10.1 Å². The molecule has 0 bridgehead atoms. The van der Waals surface area contributed by atoms with Gasteiger partial charge in [0.2, 0.25) is 5.91 Å². The number of rotatable bonds is 4. The predicted molar refractivity (Wildman–Crippen MR) is 116 cm³/mol.